The second-order valence-electron chi connectivity index (χ2n) is 5.14. The van der Waals surface area contributed by atoms with Gasteiger partial charge in [-0.3, -0.25) is 0 Å². The molecule has 1 atom stereocenters. The summed E-state index contributed by atoms with van der Waals surface area (Å²) in [6.07, 6.45) is -5.67. The van der Waals surface area contributed by atoms with Crippen LogP contribution in [0.3, 0.4) is 0 Å². The zero-order valence-corrected chi connectivity index (χ0v) is 13.3. The average Bonchev–Trinajstić information content (AvgIpc) is 2.32. The molecule has 0 saturated heterocycles. The molecule has 0 aromatic heterocycles. The van der Waals surface area contributed by atoms with Gasteiger partial charge in [-0.05, 0) is 68.0 Å². The quantitative estimate of drug-likeness (QED) is 0.770. The van der Waals surface area contributed by atoms with Crippen LogP contribution in [0.1, 0.15) is 39.4 Å². The van der Waals surface area contributed by atoms with E-state index >= 15 is 0 Å². The monoisotopic (exact) mass is 331 g/mol. The summed E-state index contributed by atoms with van der Waals surface area (Å²) in [5, 5.41) is 0. The molecule has 0 heterocycles. The molecule has 1 nitrogen and oxygen atoms in total. The van der Waals surface area contributed by atoms with Crippen molar-refractivity contribution in [3.63, 3.8) is 0 Å². The Morgan fingerprint density at radius 2 is 1.00 bits per heavy atom. The van der Waals surface area contributed by atoms with E-state index in [0.29, 0.717) is 22.3 Å². The summed E-state index contributed by atoms with van der Waals surface area (Å²) in [6.45, 7) is 8.24. The molecule has 1 rings (SSSR count). The van der Waals surface area contributed by atoms with Crippen molar-refractivity contribution in [3.05, 3.63) is 33.4 Å². The highest BCUT2D eigenvalue weighted by molar-refractivity contribution is 5.85. The Hall–Kier alpha value is -0.880. The summed E-state index contributed by atoms with van der Waals surface area (Å²) in [5.74, 6) is -4.96. The fraction of sp³-hybridized carbons (Fsp3) is 0.571. The minimum absolute atomic E-state index is 0. The zero-order chi connectivity index (χ0) is 16.0. The van der Waals surface area contributed by atoms with E-state index in [1.165, 1.54) is 13.8 Å². The van der Waals surface area contributed by atoms with Crippen molar-refractivity contribution in [2.24, 2.45) is 5.73 Å². The molecule has 0 fully saturated rings. The number of hydrogen-bond donors (Lipinski definition) is 1. The molecule has 0 saturated carbocycles. The lowest BCUT2D eigenvalue weighted by Crippen LogP contribution is -2.46. The molecule has 0 bridgehead atoms. The molecule has 2 N–H and O–H groups in total. The van der Waals surface area contributed by atoms with E-state index in [1.807, 2.05) is 6.92 Å². The lowest BCUT2D eigenvalue weighted by atomic mass is 9.84. The summed E-state index contributed by atoms with van der Waals surface area (Å²) in [5.41, 5.74) is 8.21. The van der Waals surface area contributed by atoms with Crippen LogP contribution in [0, 0.1) is 34.6 Å². The molecule has 0 aliphatic carbocycles. The first-order valence-corrected chi connectivity index (χ1v) is 6.11. The largest absolute Gasteiger partial charge is 0.455 e. The van der Waals surface area contributed by atoms with Crippen LogP contribution in [0.25, 0.3) is 0 Å². The SMILES string of the molecule is Cc1c(C)c(C)c([C@H](N)C(F)(F)C(F)(F)F)c(C)c1C.Cl. The molecule has 0 spiro atoms. The normalized spacial score (nSPS) is 13.9. The first kappa shape index (κ1) is 20.1. The first-order valence-electron chi connectivity index (χ1n) is 6.11. The highest BCUT2D eigenvalue weighted by Gasteiger charge is 2.62. The topological polar surface area (TPSA) is 26.0 Å². The Kier molecular flexibility index (Phi) is 5.83. The van der Waals surface area contributed by atoms with Crippen LogP contribution in [0.4, 0.5) is 22.0 Å². The lowest BCUT2D eigenvalue weighted by Gasteiger charge is -2.30. The molecular formula is C14H19ClF5N. The third-order valence-electron chi connectivity index (χ3n) is 4.14. The molecule has 122 valence electrons. The van der Waals surface area contributed by atoms with Crippen LogP contribution < -0.4 is 5.73 Å². The molecule has 0 aliphatic rings. The van der Waals surface area contributed by atoms with Gasteiger partial charge in [-0.25, -0.2) is 0 Å². The Bertz CT molecular complexity index is 508. The minimum atomic E-state index is -5.67. The van der Waals surface area contributed by atoms with Crippen molar-refractivity contribution in [2.75, 3.05) is 0 Å². The summed E-state index contributed by atoms with van der Waals surface area (Å²) < 4.78 is 64.4. The van der Waals surface area contributed by atoms with Crippen LogP contribution in [0.15, 0.2) is 0 Å². The van der Waals surface area contributed by atoms with Crippen molar-refractivity contribution >= 4 is 12.4 Å². The Balaban J connectivity index is 0.00000400. The molecule has 7 heteroatoms. The molecular weight excluding hydrogens is 313 g/mol. The van der Waals surface area contributed by atoms with Gasteiger partial charge in [0.25, 0.3) is 0 Å². The van der Waals surface area contributed by atoms with Crippen molar-refractivity contribution in [1.29, 1.82) is 0 Å². The molecule has 0 aliphatic heterocycles. The lowest BCUT2D eigenvalue weighted by molar-refractivity contribution is -0.291. The van der Waals surface area contributed by atoms with E-state index in [1.54, 1.807) is 13.8 Å². The number of alkyl halides is 5. The van der Waals surface area contributed by atoms with Gasteiger partial charge in [0.15, 0.2) is 0 Å². The first-order chi connectivity index (χ1) is 8.84. The van der Waals surface area contributed by atoms with Gasteiger partial charge in [-0.2, -0.15) is 22.0 Å². The molecule has 0 unspecified atom stereocenters. The zero-order valence-electron chi connectivity index (χ0n) is 12.5. The summed E-state index contributed by atoms with van der Waals surface area (Å²) in [4.78, 5) is 0. The predicted octanol–water partition coefficient (Wildman–Crippen LogP) is 4.85. The Labute approximate surface area is 127 Å². The van der Waals surface area contributed by atoms with Gasteiger partial charge in [0.1, 0.15) is 6.04 Å². The predicted molar refractivity (Wildman–Crippen MR) is 75.3 cm³/mol. The van der Waals surface area contributed by atoms with Gasteiger partial charge in [-0.15, -0.1) is 12.4 Å². The van der Waals surface area contributed by atoms with Gasteiger partial charge >= 0.3 is 12.1 Å². The van der Waals surface area contributed by atoms with E-state index in [4.69, 9.17) is 5.73 Å². The van der Waals surface area contributed by atoms with Gasteiger partial charge in [-0.1, -0.05) is 0 Å². The second kappa shape index (κ2) is 6.08. The summed E-state index contributed by atoms with van der Waals surface area (Å²) in [6, 6.07) is -2.40. The number of hydrogen-bond acceptors (Lipinski definition) is 1. The van der Waals surface area contributed by atoms with Crippen LogP contribution in [0.2, 0.25) is 0 Å². The Morgan fingerprint density at radius 1 is 0.714 bits per heavy atom. The third-order valence-corrected chi connectivity index (χ3v) is 4.14. The van der Waals surface area contributed by atoms with Crippen LogP contribution in [-0.4, -0.2) is 12.1 Å². The van der Waals surface area contributed by atoms with E-state index < -0.39 is 18.1 Å². The third kappa shape index (κ3) is 3.16. The maximum Gasteiger partial charge on any atom is 0.455 e. The van der Waals surface area contributed by atoms with E-state index in [-0.39, 0.29) is 18.0 Å². The maximum absolute atomic E-state index is 13.5. The summed E-state index contributed by atoms with van der Waals surface area (Å²) in [7, 11) is 0. The van der Waals surface area contributed by atoms with Crippen molar-refractivity contribution < 1.29 is 22.0 Å². The number of halogens is 6. The molecule has 1 aromatic carbocycles. The fourth-order valence-electron chi connectivity index (χ4n) is 2.35. The van der Waals surface area contributed by atoms with Crippen molar-refractivity contribution in [3.8, 4) is 0 Å². The van der Waals surface area contributed by atoms with Gasteiger partial charge in [0.05, 0.1) is 0 Å². The van der Waals surface area contributed by atoms with Crippen molar-refractivity contribution in [2.45, 2.75) is 52.8 Å². The van der Waals surface area contributed by atoms with Crippen LogP contribution in [-0.2, 0) is 0 Å². The molecule has 1 aromatic rings. The van der Waals surface area contributed by atoms with Crippen molar-refractivity contribution in [1.82, 2.24) is 0 Å². The van der Waals surface area contributed by atoms with E-state index in [9.17, 15) is 22.0 Å². The molecule has 0 amide bonds. The molecule has 0 radical (unpaired) electrons. The maximum atomic E-state index is 13.5. The number of rotatable bonds is 2. The number of benzene rings is 1. The van der Waals surface area contributed by atoms with Crippen LogP contribution in [0.5, 0.6) is 0 Å². The van der Waals surface area contributed by atoms with Gasteiger partial charge in [0, 0.05) is 0 Å². The highest BCUT2D eigenvalue weighted by Crippen LogP contribution is 2.45. The average molecular weight is 332 g/mol. The minimum Gasteiger partial charge on any atom is -0.319 e. The standard InChI is InChI=1S/C14H18F5N.ClH/c1-6-7(2)9(4)11(10(5)8(6)3)12(20)13(15,16)14(17,18)19;/h12H,20H2,1-5H3;1H/t12-;/m0./s1. The smallest absolute Gasteiger partial charge is 0.319 e. The second-order valence-corrected chi connectivity index (χ2v) is 5.14. The van der Waals surface area contributed by atoms with Crippen LogP contribution >= 0.6 is 12.4 Å². The van der Waals surface area contributed by atoms with Gasteiger partial charge in [0.2, 0.25) is 0 Å². The van der Waals surface area contributed by atoms with E-state index in [0.717, 1.165) is 5.56 Å². The van der Waals surface area contributed by atoms with Gasteiger partial charge < -0.3 is 5.73 Å². The highest BCUT2D eigenvalue weighted by atomic mass is 35.5. The molecule has 21 heavy (non-hydrogen) atoms. The fourth-order valence-corrected chi connectivity index (χ4v) is 2.35. The summed E-state index contributed by atoms with van der Waals surface area (Å²) >= 11 is 0. The van der Waals surface area contributed by atoms with E-state index in [2.05, 4.69) is 0 Å². The Morgan fingerprint density at radius 3 is 1.29 bits per heavy atom. The number of nitrogens with two attached hydrogens (primary N) is 1.